The second-order valence-electron chi connectivity index (χ2n) is 37.1. The molecule has 2 amide bonds. The average Bonchev–Trinajstić information content (AvgIpc) is 1.21. The molecule has 148 heavy (non-hydrogen) atoms. The third-order valence-electron chi connectivity index (χ3n) is 26.5. The number of aliphatic hydroxyl groups excluding tert-OH is 2. The topological polar surface area (TPSA) is 358 Å². The maximum absolute atomic E-state index is 12.9. The fourth-order valence-electron chi connectivity index (χ4n) is 18.6. The number of benzene rings is 9. The van der Waals surface area contributed by atoms with Gasteiger partial charge in [0.15, 0.2) is 0 Å². The van der Waals surface area contributed by atoms with E-state index in [9.17, 15) is 19.8 Å². The maximum Gasteiger partial charge on any atom is 0.261 e. The molecule has 17 aromatic rings. The molecule has 1 aliphatic carbocycles. The Hall–Kier alpha value is -16.3. The first-order valence-corrected chi connectivity index (χ1v) is 49.7. The first kappa shape index (κ1) is 102. The number of carbonyl (C=O) groups is 2. The van der Waals surface area contributed by atoms with Crippen molar-refractivity contribution < 1.29 is 57.7 Å². The van der Waals surface area contributed by atoms with E-state index in [1.54, 1.807) is 136 Å². The smallest absolute Gasteiger partial charge is 0.261 e. The van der Waals surface area contributed by atoms with Crippen molar-refractivity contribution in [2.75, 3.05) is 162 Å². The predicted octanol–water partition coefficient (Wildman–Crippen LogP) is 16.7. The molecule has 11 heterocycles. The standard InChI is InChI=1S/C31H28N6O4.C28H34N6O3.C27H32N6O3.C26H30N6O2/c1-35-19-20(17-33-35)29-18-32-27-10-9-21(15-28(27)34-29)36(22-13-23(40-2)16-24(14-22)41-3)11-6-12-37-30(38)25-7-4-5-8-26(25)31(37)39;1-32-17-20(15-30-32)28-16-29-26-8-7-21(13-27(26)31-28)34(19-23(35)18-33-9-5-4-6-10-33)22-11-24(36-2)14-25(12-22)37-3;1-31-17-19(15-29-31)27-16-28-25-6-5-20(13-26(25)30-27)33(9-4-8-32-10-7-22(34)18-32)21-11-23(35-2)14-24(12-21)36-3;1-27-8-9-34-23-11-21(10-22(13-23)33-3)32(16-18-4-5-18)20-6-7-24-25(12-20)30-26(15-28-24)19-14-29-31(2)17-19/h4-5,7-10,13-19H,6,11-12H2,1-3H3;7-8,11-17,23,35H,4-6,9-10,18-19H2,1-3H3;5-6,11-17,22,34H,4,7-10,18H2,1-3H3;6-7,10-15,17-18,27H,4-5,8-9,16H2,1-3H3. The number of hydrogen-bond donors (Lipinski definition) is 3. The van der Waals surface area contributed by atoms with E-state index in [0.717, 1.165) is 223 Å². The van der Waals surface area contributed by atoms with Crippen LogP contribution in [0.4, 0.5) is 45.5 Å². The molecule has 0 bridgehead atoms. The van der Waals surface area contributed by atoms with Crippen LogP contribution in [-0.4, -0.2) is 270 Å². The molecule has 3 N–H and O–H groups in total. The third-order valence-corrected chi connectivity index (χ3v) is 26.5. The number of β-amino-alcohol motifs (C(OH)–C–C–N with tert-alkyl or cyclic N) is 2. The highest BCUT2D eigenvalue weighted by Gasteiger charge is 2.36. The molecule has 8 aromatic heterocycles. The Bertz CT molecular complexity index is 7390. The van der Waals surface area contributed by atoms with Crippen LogP contribution in [0.2, 0.25) is 0 Å². The molecule has 21 rings (SSSR count). The second kappa shape index (κ2) is 47.3. The summed E-state index contributed by atoms with van der Waals surface area (Å²) in [6, 6.07) is 54.7. The second-order valence-corrected chi connectivity index (χ2v) is 37.1. The average molecular weight is 2000 g/mol. The van der Waals surface area contributed by atoms with Crippen molar-refractivity contribution in [1.29, 1.82) is 0 Å². The van der Waals surface area contributed by atoms with Crippen LogP contribution in [0.1, 0.15) is 72.1 Å². The van der Waals surface area contributed by atoms with E-state index in [-0.39, 0.29) is 24.5 Å². The van der Waals surface area contributed by atoms with Gasteiger partial charge < -0.3 is 82.8 Å². The molecule has 2 atom stereocenters. The molecule has 36 heteroatoms. The number of amides is 2. The van der Waals surface area contributed by atoms with E-state index in [2.05, 4.69) is 111 Å². The highest BCUT2D eigenvalue weighted by atomic mass is 16.5. The van der Waals surface area contributed by atoms with Gasteiger partial charge in [0.25, 0.3) is 11.8 Å². The van der Waals surface area contributed by atoms with Crippen LogP contribution < -0.4 is 62.8 Å². The highest BCUT2D eigenvalue weighted by Crippen LogP contribution is 2.43. The number of piperidine rings is 1. The summed E-state index contributed by atoms with van der Waals surface area (Å²) in [5, 5.41) is 41.2. The van der Waals surface area contributed by atoms with Gasteiger partial charge in [-0.05, 0) is 162 Å². The predicted molar refractivity (Wildman–Crippen MR) is 573 cm³/mol. The van der Waals surface area contributed by atoms with Crippen molar-refractivity contribution in [3.05, 3.63) is 255 Å². The minimum atomic E-state index is -0.543. The molecule has 2 unspecified atom stereocenters. The van der Waals surface area contributed by atoms with E-state index in [4.69, 9.17) is 57.8 Å². The molecule has 3 aliphatic heterocycles. The van der Waals surface area contributed by atoms with E-state index in [0.29, 0.717) is 72.7 Å². The van der Waals surface area contributed by atoms with Crippen LogP contribution in [-0.2, 0) is 28.2 Å². The third kappa shape index (κ3) is 24.9. The fraction of sp³-hybridized carbons (Fsp3) is 0.321. The summed E-state index contributed by atoms with van der Waals surface area (Å²) in [6.45, 7) is 9.60. The quantitative estimate of drug-likeness (QED) is 0.0240. The lowest BCUT2D eigenvalue weighted by molar-refractivity contribution is 0.0653. The van der Waals surface area contributed by atoms with Crippen LogP contribution >= 0.6 is 0 Å². The Labute approximate surface area is 859 Å². The number of nitrogens with zero attached hydrogens (tertiary/aromatic N) is 23. The van der Waals surface area contributed by atoms with Gasteiger partial charge in [-0.25, -0.2) is 19.9 Å². The van der Waals surface area contributed by atoms with Gasteiger partial charge in [-0.3, -0.25) is 53.2 Å². The van der Waals surface area contributed by atoms with Crippen LogP contribution in [0.5, 0.6) is 46.0 Å². The number of carbonyl (C=O) groups excluding carboxylic acids is 2. The van der Waals surface area contributed by atoms with Crippen molar-refractivity contribution in [3.8, 4) is 91.0 Å². The van der Waals surface area contributed by atoms with Gasteiger partial charge >= 0.3 is 0 Å². The SMILES string of the molecule is CNCCOc1cc(OC)cc(N(CC2CC2)c2ccc3ncc(-c4cnn(C)c4)nc3c2)c1.COc1cc(OC)cc(N(CC(O)CN2CCCCC2)c2ccc3ncc(-c4cnn(C)c4)nc3c2)c1.COc1cc(OC)cc(N(CCCN2C(=O)c3ccccc3C2=O)c2ccc3ncc(-c4cnn(C)c4)nc3c2)c1.COc1cc(OC)cc(N(CCCN2CCC(O)C2)c2ccc3ncc(-c4cnn(C)c4)nc3c2)c1. The fourth-order valence-corrected chi connectivity index (χ4v) is 18.6. The molecule has 0 radical (unpaired) electrons. The van der Waals surface area contributed by atoms with Gasteiger partial charge in [-0.2, -0.15) is 20.4 Å². The zero-order valence-electron chi connectivity index (χ0n) is 85.4. The number of likely N-dealkylation sites (tertiary alicyclic amines) is 2. The molecular weight excluding hydrogens is 1870 g/mol. The number of methoxy groups -OCH3 is 7. The Morgan fingerprint density at radius 2 is 0.736 bits per heavy atom. The number of ether oxygens (including phenoxy) is 8. The summed E-state index contributed by atoms with van der Waals surface area (Å²) >= 11 is 0. The maximum atomic E-state index is 12.9. The van der Waals surface area contributed by atoms with Crippen molar-refractivity contribution in [2.45, 2.75) is 63.6 Å². The van der Waals surface area contributed by atoms with Crippen molar-refractivity contribution in [3.63, 3.8) is 0 Å². The molecule has 9 aromatic carbocycles. The van der Waals surface area contributed by atoms with Gasteiger partial charge in [0.2, 0.25) is 0 Å². The van der Waals surface area contributed by atoms with E-state index in [1.807, 2.05) is 175 Å². The molecule has 2 saturated heterocycles. The minimum absolute atomic E-state index is 0.211. The number of nitrogens with one attached hydrogen (secondary N) is 1. The largest absolute Gasteiger partial charge is 0.497 e. The minimum Gasteiger partial charge on any atom is -0.497 e. The van der Waals surface area contributed by atoms with Gasteiger partial charge in [-0.15, -0.1) is 0 Å². The molecule has 1 saturated carbocycles. The summed E-state index contributed by atoms with van der Waals surface area (Å²) in [6.07, 6.45) is 29.7. The van der Waals surface area contributed by atoms with Crippen LogP contribution in [0.15, 0.2) is 244 Å². The lowest BCUT2D eigenvalue weighted by Crippen LogP contribution is -2.41. The normalized spacial score (nSPS) is 14.2. The first-order chi connectivity index (χ1) is 72.1. The number of aryl methyl sites for hydroxylation is 4. The summed E-state index contributed by atoms with van der Waals surface area (Å²) in [7, 11) is 20.9. The van der Waals surface area contributed by atoms with Crippen molar-refractivity contribution in [1.82, 2.24) is 99.0 Å². The van der Waals surface area contributed by atoms with Crippen LogP contribution in [0.3, 0.4) is 0 Å². The molecule has 3 fully saturated rings. The number of rotatable bonds is 37. The number of aromatic nitrogens is 16. The number of anilines is 8. The molecule has 764 valence electrons. The number of hydrogen-bond acceptors (Lipinski definition) is 31. The van der Waals surface area contributed by atoms with Gasteiger partial charge in [0, 0.05) is 246 Å². The van der Waals surface area contributed by atoms with Gasteiger partial charge in [0.1, 0.15) is 52.6 Å². The zero-order chi connectivity index (χ0) is 103. The zero-order valence-corrected chi connectivity index (χ0v) is 85.4. The monoisotopic (exact) mass is 2000 g/mol. The van der Waals surface area contributed by atoms with Crippen molar-refractivity contribution in [2.24, 2.45) is 34.1 Å². The summed E-state index contributed by atoms with van der Waals surface area (Å²) in [4.78, 5) is 78.6. The molecule has 4 aliphatic rings. The van der Waals surface area contributed by atoms with E-state index in [1.165, 1.54) is 37.0 Å². The first-order valence-electron chi connectivity index (χ1n) is 49.7. The molecular formula is C112H124N24O12. The Balaban J connectivity index is 0.000000129. The molecule has 0 spiro atoms. The highest BCUT2D eigenvalue weighted by molar-refractivity contribution is 6.21. The van der Waals surface area contributed by atoms with Gasteiger partial charge in [-0.1, -0.05) is 18.6 Å². The van der Waals surface area contributed by atoms with E-state index < -0.39 is 6.10 Å². The summed E-state index contributed by atoms with van der Waals surface area (Å²) in [5.74, 6) is 5.86. The van der Waals surface area contributed by atoms with Crippen LogP contribution in [0.25, 0.3) is 89.2 Å². The van der Waals surface area contributed by atoms with Gasteiger partial charge in [0.05, 0.1) is 196 Å². The Kier molecular flexibility index (Phi) is 32.5. The van der Waals surface area contributed by atoms with E-state index >= 15 is 0 Å². The van der Waals surface area contributed by atoms with Crippen LogP contribution in [0, 0.1) is 5.92 Å². The number of aliphatic hydroxyl groups is 2. The molecule has 36 nitrogen and oxygen atoms in total. The number of imide groups is 1. The van der Waals surface area contributed by atoms with Crippen molar-refractivity contribution >= 4 is 101 Å². The number of fused-ring (bicyclic) bond motifs is 5. The lowest BCUT2D eigenvalue weighted by Gasteiger charge is -2.32. The number of likely N-dealkylation sites (N-methyl/N-ethyl adjacent to an activating group) is 1. The Morgan fingerprint density at radius 3 is 1.09 bits per heavy atom. The Morgan fingerprint density at radius 1 is 0.385 bits per heavy atom. The lowest BCUT2D eigenvalue weighted by atomic mass is 10.1. The summed E-state index contributed by atoms with van der Waals surface area (Å²) < 4.78 is 51.8. The summed E-state index contributed by atoms with van der Waals surface area (Å²) in [5.41, 5.74) is 21.6.